The normalized spacial score (nSPS) is 10.5. The van der Waals surface area contributed by atoms with Gasteiger partial charge in [-0.1, -0.05) is 23.7 Å². The maximum absolute atomic E-state index is 6.19. The van der Waals surface area contributed by atoms with E-state index in [2.05, 4.69) is 15.5 Å². The van der Waals surface area contributed by atoms with Gasteiger partial charge < -0.3 is 14.8 Å². The first-order chi connectivity index (χ1) is 10.7. The van der Waals surface area contributed by atoms with E-state index in [9.17, 15) is 0 Å². The van der Waals surface area contributed by atoms with Crippen LogP contribution in [0.2, 0.25) is 5.02 Å². The van der Waals surface area contributed by atoms with Crippen LogP contribution in [0.3, 0.4) is 0 Å². The Bertz CT molecular complexity index is 824. The molecule has 22 heavy (non-hydrogen) atoms. The van der Waals surface area contributed by atoms with Crippen molar-refractivity contribution < 1.29 is 9.47 Å². The zero-order chi connectivity index (χ0) is 15.5. The molecule has 0 bridgehead atoms. The highest BCUT2D eigenvalue weighted by molar-refractivity contribution is 6.33. The molecule has 112 valence electrons. The summed E-state index contributed by atoms with van der Waals surface area (Å²) in [6.07, 6.45) is 1.65. The van der Waals surface area contributed by atoms with Crippen LogP contribution in [0, 0.1) is 0 Å². The molecule has 0 aliphatic rings. The molecule has 0 radical (unpaired) electrons. The maximum Gasteiger partial charge on any atom is 0.162 e. The largest absolute Gasteiger partial charge is 0.493 e. The first-order valence-corrected chi connectivity index (χ1v) is 6.99. The molecule has 0 amide bonds. The van der Waals surface area contributed by atoms with Gasteiger partial charge in [0, 0.05) is 11.5 Å². The van der Waals surface area contributed by atoms with Gasteiger partial charge in [-0.2, -0.15) is 10.2 Å². The van der Waals surface area contributed by atoms with E-state index in [1.807, 2.05) is 30.3 Å². The van der Waals surface area contributed by atoms with Gasteiger partial charge in [0.25, 0.3) is 0 Å². The predicted molar refractivity (Wildman–Crippen MR) is 87.4 cm³/mol. The van der Waals surface area contributed by atoms with Gasteiger partial charge in [-0.05, 0) is 18.2 Å². The fourth-order valence-electron chi connectivity index (χ4n) is 2.19. The van der Waals surface area contributed by atoms with E-state index >= 15 is 0 Å². The average molecular weight is 316 g/mol. The van der Waals surface area contributed by atoms with E-state index in [-0.39, 0.29) is 0 Å². The number of aromatic nitrogens is 2. The van der Waals surface area contributed by atoms with Crippen molar-refractivity contribution in [2.75, 3.05) is 19.5 Å². The highest BCUT2D eigenvalue weighted by atomic mass is 35.5. The topological polar surface area (TPSA) is 56.3 Å². The molecule has 6 heteroatoms. The number of rotatable bonds is 4. The first-order valence-electron chi connectivity index (χ1n) is 6.62. The summed E-state index contributed by atoms with van der Waals surface area (Å²) in [5.41, 5.74) is 2.29. The zero-order valence-electron chi connectivity index (χ0n) is 12.1. The summed E-state index contributed by atoms with van der Waals surface area (Å²) in [6, 6.07) is 11.2. The Morgan fingerprint density at radius 2 is 1.73 bits per heavy atom. The van der Waals surface area contributed by atoms with Gasteiger partial charge >= 0.3 is 0 Å². The third-order valence-electron chi connectivity index (χ3n) is 3.29. The number of ether oxygens (including phenoxy) is 2. The fourth-order valence-corrected chi connectivity index (χ4v) is 2.38. The molecule has 1 aromatic heterocycles. The molecule has 0 aliphatic heterocycles. The Morgan fingerprint density at radius 3 is 2.45 bits per heavy atom. The number of nitrogens with zero attached hydrogens (tertiary/aromatic N) is 2. The van der Waals surface area contributed by atoms with Crippen molar-refractivity contribution in [2.24, 2.45) is 0 Å². The van der Waals surface area contributed by atoms with Gasteiger partial charge in [0.1, 0.15) is 0 Å². The van der Waals surface area contributed by atoms with Gasteiger partial charge in [-0.25, -0.2) is 0 Å². The number of anilines is 2. The molecule has 0 spiro atoms. The summed E-state index contributed by atoms with van der Waals surface area (Å²) >= 11 is 6.19. The Morgan fingerprint density at radius 1 is 1.00 bits per heavy atom. The number of hydrogen-bond donors (Lipinski definition) is 1. The average Bonchev–Trinajstić information content (AvgIpc) is 2.56. The Labute approximate surface area is 132 Å². The van der Waals surface area contributed by atoms with Crippen molar-refractivity contribution >= 4 is 33.9 Å². The summed E-state index contributed by atoms with van der Waals surface area (Å²) in [4.78, 5) is 0. The molecule has 5 nitrogen and oxygen atoms in total. The predicted octanol–water partition coefficient (Wildman–Crippen LogP) is 4.04. The molecule has 0 fully saturated rings. The number of hydrogen-bond acceptors (Lipinski definition) is 5. The quantitative estimate of drug-likeness (QED) is 0.787. The van der Waals surface area contributed by atoms with Crippen LogP contribution in [-0.4, -0.2) is 24.4 Å². The lowest BCUT2D eigenvalue weighted by atomic mass is 10.1. The fraction of sp³-hybridized carbons (Fsp3) is 0.125. The minimum Gasteiger partial charge on any atom is -0.493 e. The second-order valence-corrected chi connectivity index (χ2v) is 4.99. The minimum atomic E-state index is 0.610. The lowest BCUT2D eigenvalue weighted by Gasteiger charge is -2.13. The zero-order valence-corrected chi connectivity index (χ0v) is 12.9. The van der Waals surface area contributed by atoms with Crippen molar-refractivity contribution in [2.45, 2.75) is 0 Å². The summed E-state index contributed by atoms with van der Waals surface area (Å²) in [5.74, 6) is 1.24. The second kappa shape index (κ2) is 6.07. The summed E-state index contributed by atoms with van der Waals surface area (Å²) in [6.45, 7) is 0. The summed E-state index contributed by atoms with van der Waals surface area (Å²) in [7, 11) is 3.18. The van der Waals surface area contributed by atoms with E-state index in [1.54, 1.807) is 26.5 Å². The van der Waals surface area contributed by atoms with Crippen molar-refractivity contribution in [3.05, 3.63) is 47.6 Å². The number of benzene rings is 2. The van der Waals surface area contributed by atoms with Crippen LogP contribution >= 0.6 is 11.6 Å². The Hall–Kier alpha value is -2.53. The third-order valence-corrected chi connectivity index (χ3v) is 3.62. The van der Waals surface area contributed by atoms with E-state index in [0.717, 1.165) is 16.8 Å². The summed E-state index contributed by atoms with van der Waals surface area (Å²) < 4.78 is 10.6. The van der Waals surface area contributed by atoms with Crippen LogP contribution in [0.15, 0.2) is 42.6 Å². The van der Waals surface area contributed by atoms with Crippen LogP contribution in [0.1, 0.15) is 0 Å². The smallest absolute Gasteiger partial charge is 0.162 e. The van der Waals surface area contributed by atoms with Crippen LogP contribution in [-0.2, 0) is 0 Å². The molecule has 0 aliphatic carbocycles. The van der Waals surface area contributed by atoms with E-state index in [1.165, 1.54) is 0 Å². The van der Waals surface area contributed by atoms with E-state index in [4.69, 9.17) is 21.1 Å². The van der Waals surface area contributed by atoms with Crippen molar-refractivity contribution in [3.63, 3.8) is 0 Å². The highest BCUT2D eigenvalue weighted by Crippen LogP contribution is 2.35. The van der Waals surface area contributed by atoms with Crippen molar-refractivity contribution in [1.82, 2.24) is 10.2 Å². The number of methoxy groups -OCH3 is 2. The van der Waals surface area contributed by atoms with Gasteiger partial charge in [-0.15, -0.1) is 0 Å². The lowest BCUT2D eigenvalue weighted by Crippen LogP contribution is -1.97. The molecule has 2 aromatic carbocycles. The molecule has 1 heterocycles. The highest BCUT2D eigenvalue weighted by Gasteiger charge is 2.11. The number of fused-ring (bicyclic) bond motifs is 1. The number of nitrogens with one attached hydrogen (secondary N) is 1. The van der Waals surface area contributed by atoms with Crippen LogP contribution in [0.4, 0.5) is 11.4 Å². The minimum absolute atomic E-state index is 0.610. The molecule has 0 saturated carbocycles. The van der Waals surface area contributed by atoms with Gasteiger partial charge in [0.05, 0.1) is 42.3 Å². The van der Waals surface area contributed by atoms with Crippen LogP contribution in [0.5, 0.6) is 11.5 Å². The van der Waals surface area contributed by atoms with Gasteiger partial charge in [0.2, 0.25) is 0 Å². The molecule has 3 rings (SSSR count). The molecule has 3 aromatic rings. The van der Waals surface area contributed by atoms with E-state index < -0.39 is 0 Å². The van der Waals surface area contributed by atoms with Crippen LogP contribution in [0.25, 0.3) is 10.9 Å². The standard InChI is InChI=1S/C16H14ClN3O2/c1-21-15-7-10-13(8-16(15)22-2)20-18-9-14(10)19-12-6-4-3-5-11(12)17/h3-9H,1-2H3,(H,19,20). The number of para-hydroxylation sites is 1. The molecule has 0 atom stereocenters. The molecule has 0 saturated heterocycles. The second-order valence-electron chi connectivity index (χ2n) is 4.59. The maximum atomic E-state index is 6.19. The van der Waals surface area contributed by atoms with Gasteiger partial charge in [0.15, 0.2) is 11.5 Å². The Balaban J connectivity index is 2.12. The third kappa shape index (κ3) is 2.63. The summed E-state index contributed by atoms with van der Waals surface area (Å²) in [5, 5.41) is 12.9. The number of halogens is 1. The first kappa shape index (κ1) is 14.4. The molecular weight excluding hydrogens is 302 g/mol. The lowest BCUT2D eigenvalue weighted by molar-refractivity contribution is 0.356. The van der Waals surface area contributed by atoms with E-state index in [0.29, 0.717) is 22.0 Å². The van der Waals surface area contributed by atoms with Gasteiger partial charge in [-0.3, -0.25) is 0 Å². The molecule has 1 N–H and O–H groups in total. The molecule has 0 unspecified atom stereocenters. The monoisotopic (exact) mass is 315 g/mol. The van der Waals surface area contributed by atoms with Crippen molar-refractivity contribution in [1.29, 1.82) is 0 Å². The van der Waals surface area contributed by atoms with Crippen LogP contribution < -0.4 is 14.8 Å². The molecular formula is C16H14ClN3O2. The van der Waals surface area contributed by atoms with Crippen molar-refractivity contribution in [3.8, 4) is 11.5 Å². The SMILES string of the molecule is COc1cc2nncc(Nc3ccccc3Cl)c2cc1OC. The Kier molecular flexibility index (Phi) is 3.98.